The number of rotatable bonds is 4. The maximum atomic E-state index is 12.8. The summed E-state index contributed by atoms with van der Waals surface area (Å²) in [5.74, 6) is -5.65. The van der Waals surface area contributed by atoms with E-state index in [1.165, 1.54) is 0 Å². The van der Waals surface area contributed by atoms with Crippen LogP contribution in [0.5, 0.6) is 23.0 Å². The molecule has 34 heavy (non-hydrogen) atoms. The fraction of sp³-hybridized carbons (Fsp3) is 0.235. The average molecular weight is 518 g/mol. The van der Waals surface area contributed by atoms with E-state index in [2.05, 4.69) is 18.9 Å². The average Bonchev–Trinajstić information content (AvgIpc) is 2.56. The van der Waals surface area contributed by atoms with Crippen LogP contribution >= 0.6 is 0 Å². The van der Waals surface area contributed by atoms with Crippen LogP contribution in [0.15, 0.2) is 36.4 Å². The zero-order valence-electron chi connectivity index (χ0n) is 15.5. The minimum Gasteiger partial charge on any atom is -0.405 e. The summed E-state index contributed by atoms with van der Waals surface area (Å²) in [6.07, 6.45) is -23.7. The normalized spacial score (nSPS) is 12.8. The number of ether oxygens (including phenoxy) is 4. The molecule has 0 bridgehead atoms. The van der Waals surface area contributed by atoms with Gasteiger partial charge in [0.25, 0.3) is 0 Å². The van der Waals surface area contributed by atoms with Gasteiger partial charge < -0.3 is 18.9 Å². The molecule has 0 aromatic heterocycles. The largest absolute Gasteiger partial charge is 0.573 e. The van der Waals surface area contributed by atoms with Crippen molar-refractivity contribution >= 4 is 6.16 Å². The Bertz CT molecular complexity index is 956. The second-order valence-electron chi connectivity index (χ2n) is 5.86. The van der Waals surface area contributed by atoms with Gasteiger partial charge in [-0.1, -0.05) is 0 Å². The van der Waals surface area contributed by atoms with Gasteiger partial charge in [0.15, 0.2) is 0 Å². The molecule has 17 heteroatoms. The van der Waals surface area contributed by atoms with Crippen molar-refractivity contribution in [2.75, 3.05) is 0 Å². The number of alkyl halides is 12. The van der Waals surface area contributed by atoms with Crippen molar-refractivity contribution in [3.05, 3.63) is 47.5 Å². The molecule has 0 N–H and O–H groups in total. The first-order valence-corrected chi connectivity index (χ1v) is 8.08. The Hall–Kier alpha value is -3.53. The van der Waals surface area contributed by atoms with Crippen LogP contribution in [0.3, 0.4) is 0 Å². The van der Waals surface area contributed by atoms with Gasteiger partial charge in [-0.25, -0.2) is 4.79 Å². The summed E-state index contributed by atoms with van der Waals surface area (Å²) in [5.41, 5.74) is -3.80. The predicted octanol–water partition coefficient (Wildman–Crippen LogP) is 7.10. The molecule has 2 aromatic carbocycles. The number of halogens is 12. The second-order valence-corrected chi connectivity index (χ2v) is 5.86. The number of carbonyl (C=O) groups is 1. The standard InChI is InChI=1S/C17H6F12O5/c18-14(19,20)9-3-1-7(5-11(9)33-16(24,25)26)31-13(30)32-8-2-4-10(15(21,22)23)12(6-8)34-17(27,28)29/h1-6H. The van der Waals surface area contributed by atoms with Crippen molar-refractivity contribution < 1.29 is 76.4 Å². The van der Waals surface area contributed by atoms with Gasteiger partial charge in [-0.05, 0) is 24.3 Å². The molecule has 2 aromatic rings. The van der Waals surface area contributed by atoms with Crippen LogP contribution in [0.4, 0.5) is 57.5 Å². The van der Waals surface area contributed by atoms with E-state index in [0.29, 0.717) is 12.1 Å². The first-order valence-electron chi connectivity index (χ1n) is 8.08. The lowest BCUT2D eigenvalue weighted by Crippen LogP contribution is -2.21. The molecule has 0 spiro atoms. The molecule has 0 unspecified atom stereocenters. The summed E-state index contributed by atoms with van der Waals surface area (Å²) < 4.78 is 166. The van der Waals surface area contributed by atoms with Gasteiger partial charge in [0.2, 0.25) is 0 Å². The summed E-state index contributed by atoms with van der Waals surface area (Å²) >= 11 is 0. The van der Waals surface area contributed by atoms with E-state index in [0.717, 1.165) is 0 Å². The molecule has 0 heterocycles. The van der Waals surface area contributed by atoms with E-state index >= 15 is 0 Å². The molecule has 188 valence electrons. The molecular formula is C17H6F12O5. The van der Waals surface area contributed by atoms with Gasteiger partial charge in [-0.3, -0.25) is 0 Å². The molecule has 2 rings (SSSR count). The molecule has 0 aliphatic rings. The van der Waals surface area contributed by atoms with E-state index < -0.39 is 65.4 Å². The molecule has 0 saturated carbocycles. The molecule has 0 aliphatic carbocycles. The van der Waals surface area contributed by atoms with Crippen molar-refractivity contribution in [3.63, 3.8) is 0 Å². The van der Waals surface area contributed by atoms with Gasteiger partial charge in [-0.2, -0.15) is 26.3 Å². The maximum absolute atomic E-state index is 12.8. The summed E-state index contributed by atoms with van der Waals surface area (Å²) in [4.78, 5) is 11.7. The number of benzene rings is 2. The smallest absolute Gasteiger partial charge is 0.405 e. The van der Waals surface area contributed by atoms with Crippen LogP contribution < -0.4 is 18.9 Å². The number of hydrogen-bond donors (Lipinski definition) is 0. The highest BCUT2D eigenvalue weighted by atomic mass is 19.4. The lowest BCUT2D eigenvalue weighted by Gasteiger charge is -2.17. The summed E-state index contributed by atoms with van der Waals surface area (Å²) in [5, 5.41) is 0. The summed E-state index contributed by atoms with van der Waals surface area (Å²) in [6, 6.07) is 0.857. The molecule has 0 amide bonds. The molecule has 0 aliphatic heterocycles. The molecule has 0 saturated heterocycles. The minimum atomic E-state index is -5.58. The van der Waals surface area contributed by atoms with Crippen LogP contribution in [-0.2, 0) is 12.4 Å². The monoisotopic (exact) mass is 518 g/mol. The van der Waals surface area contributed by atoms with Crippen molar-refractivity contribution in [2.45, 2.75) is 25.1 Å². The van der Waals surface area contributed by atoms with Crippen molar-refractivity contribution in [1.29, 1.82) is 0 Å². The highest BCUT2D eigenvalue weighted by Crippen LogP contribution is 2.42. The first-order chi connectivity index (χ1) is 15.2. The zero-order chi connectivity index (χ0) is 26.1. The Balaban J connectivity index is 2.28. The fourth-order valence-electron chi connectivity index (χ4n) is 2.23. The van der Waals surface area contributed by atoms with Gasteiger partial charge in [-0.15, -0.1) is 26.3 Å². The lowest BCUT2D eigenvalue weighted by atomic mass is 10.2. The highest BCUT2D eigenvalue weighted by Gasteiger charge is 2.41. The minimum absolute atomic E-state index is 0.00250. The Kier molecular flexibility index (Phi) is 7.09. The van der Waals surface area contributed by atoms with Gasteiger partial charge in [0, 0.05) is 12.1 Å². The summed E-state index contributed by atoms with van der Waals surface area (Å²) in [7, 11) is 0. The van der Waals surface area contributed by atoms with Gasteiger partial charge in [0.1, 0.15) is 23.0 Å². The third-order valence-corrected chi connectivity index (χ3v) is 3.37. The maximum Gasteiger partial charge on any atom is 0.573 e. The van der Waals surface area contributed by atoms with Crippen LogP contribution in [0.1, 0.15) is 11.1 Å². The summed E-state index contributed by atoms with van der Waals surface area (Å²) in [6.45, 7) is 0. The number of carbonyl (C=O) groups excluding carboxylic acids is 1. The van der Waals surface area contributed by atoms with E-state index in [1.54, 1.807) is 0 Å². The third-order valence-electron chi connectivity index (χ3n) is 3.37. The first kappa shape index (κ1) is 26.7. The lowest BCUT2D eigenvalue weighted by molar-refractivity contribution is -0.277. The second kappa shape index (κ2) is 9.02. The highest BCUT2D eigenvalue weighted by molar-refractivity contribution is 5.68. The molecule has 0 atom stereocenters. The van der Waals surface area contributed by atoms with E-state index in [4.69, 9.17) is 0 Å². The topological polar surface area (TPSA) is 54.0 Å². The van der Waals surface area contributed by atoms with Gasteiger partial charge in [0.05, 0.1) is 11.1 Å². The molecular weight excluding hydrogens is 512 g/mol. The number of hydrogen-bond acceptors (Lipinski definition) is 5. The van der Waals surface area contributed by atoms with Crippen LogP contribution in [-0.4, -0.2) is 18.9 Å². The quantitative estimate of drug-likeness (QED) is 0.246. The van der Waals surface area contributed by atoms with E-state index in [-0.39, 0.29) is 24.3 Å². The zero-order valence-corrected chi connectivity index (χ0v) is 15.5. The van der Waals surface area contributed by atoms with Crippen molar-refractivity contribution in [3.8, 4) is 23.0 Å². The Labute approximate surface area is 179 Å². The SMILES string of the molecule is O=C(Oc1ccc(C(F)(F)F)c(OC(F)(F)F)c1)Oc1ccc(C(F)(F)F)c(OC(F)(F)F)c1. The van der Waals surface area contributed by atoms with Gasteiger partial charge >= 0.3 is 31.2 Å². The van der Waals surface area contributed by atoms with E-state index in [1.807, 2.05) is 0 Å². The Morgan fingerprint density at radius 1 is 0.559 bits per heavy atom. The predicted molar refractivity (Wildman–Crippen MR) is 82.9 cm³/mol. The molecule has 5 nitrogen and oxygen atoms in total. The molecule has 0 fully saturated rings. The molecule has 0 radical (unpaired) electrons. The van der Waals surface area contributed by atoms with Crippen LogP contribution in [0, 0.1) is 0 Å². The van der Waals surface area contributed by atoms with Crippen molar-refractivity contribution in [2.24, 2.45) is 0 Å². The van der Waals surface area contributed by atoms with Crippen molar-refractivity contribution in [1.82, 2.24) is 0 Å². The fourth-order valence-corrected chi connectivity index (χ4v) is 2.23. The third kappa shape index (κ3) is 7.80. The Morgan fingerprint density at radius 3 is 1.15 bits per heavy atom. The van der Waals surface area contributed by atoms with Crippen LogP contribution in [0.25, 0.3) is 0 Å². The van der Waals surface area contributed by atoms with E-state index in [9.17, 15) is 57.5 Å². The van der Waals surface area contributed by atoms with Crippen LogP contribution in [0.2, 0.25) is 0 Å². The Morgan fingerprint density at radius 2 is 0.882 bits per heavy atom.